The molecule has 86 valence electrons. The molecule has 1 N–H and O–H groups in total. The molecule has 0 radical (unpaired) electrons. The Balaban J connectivity index is 1.87. The van der Waals surface area contributed by atoms with Gasteiger partial charge in [-0.1, -0.05) is 13.8 Å². The summed E-state index contributed by atoms with van der Waals surface area (Å²) in [7, 11) is 0. The lowest BCUT2D eigenvalue weighted by atomic mass is 9.95. The molecule has 0 aromatic rings. The zero-order chi connectivity index (χ0) is 10.8. The molecule has 0 bridgehead atoms. The lowest BCUT2D eigenvalue weighted by molar-refractivity contribution is -0.131. The van der Waals surface area contributed by atoms with Gasteiger partial charge in [0.2, 0.25) is 5.91 Å². The van der Waals surface area contributed by atoms with Crippen LogP contribution in [0.4, 0.5) is 0 Å². The average molecular weight is 228 g/mol. The fraction of sp³-hybridized carbons (Fsp3) is 0.909. The van der Waals surface area contributed by atoms with Crippen LogP contribution in [0.15, 0.2) is 0 Å². The highest BCUT2D eigenvalue weighted by atomic mass is 32.2. The van der Waals surface area contributed by atoms with Crippen molar-refractivity contribution in [2.75, 3.05) is 24.7 Å². The minimum atomic E-state index is 0.0842. The van der Waals surface area contributed by atoms with E-state index in [0.717, 1.165) is 24.7 Å². The van der Waals surface area contributed by atoms with Crippen LogP contribution < -0.4 is 5.32 Å². The second kappa shape index (κ2) is 4.74. The van der Waals surface area contributed by atoms with Gasteiger partial charge < -0.3 is 4.90 Å². The number of rotatable bonds is 2. The Kier molecular flexibility index (Phi) is 3.57. The first-order chi connectivity index (χ1) is 7.18. The van der Waals surface area contributed by atoms with Crippen LogP contribution in [0.3, 0.4) is 0 Å². The van der Waals surface area contributed by atoms with Crippen molar-refractivity contribution in [3.05, 3.63) is 0 Å². The van der Waals surface area contributed by atoms with Crippen molar-refractivity contribution in [1.82, 2.24) is 10.2 Å². The molecule has 0 aromatic carbocycles. The molecule has 4 heteroatoms. The van der Waals surface area contributed by atoms with Crippen LogP contribution in [0.1, 0.15) is 20.3 Å². The zero-order valence-corrected chi connectivity index (χ0v) is 10.3. The number of nitrogens with zero attached hydrogens (tertiary/aromatic N) is 1. The van der Waals surface area contributed by atoms with Crippen LogP contribution in [0.25, 0.3) is 0 Å². The second-order valence-corrected chi connectivity index (χ2v) is 5.88. The summed E-state index contributed by atoms with van der Waals surface area (Å²) in [5.41, 5.74) is 0. The molecule has 1 amide bonds. The van der Waals surface area contributed by atoms with Crippen molar-refractivity contribution in [2.45, 2.75) is 26.3 Å². The van der Waals surface area contributed by atoms with E-state index in [1.54, 1.807) is 0 Å². The molecule has 2 heterocycles. The molecule has 15 heavy (non-hydrogen) atoms. The maximum absolute atomic E-state index is 12.1. The lowest BCUT2D eigenvalue weighted by Crippen LogP contribution is -2.44. The van der Waals surface area contributed by atoms with Gasteiger partial charge >= 0.3 is 0 Å². The molecule has 0 saturated carbocycles. The van der Waals surface area contributed by atoms with Crippen molar-refractivity contribution in [3.8, 4) is 0 Å². The lowest BCUT2D eigenvalue weighted by Gasteiger charge is -2.21. The summed E-state index contributed by atoms with van der Waals surface area (Å²) < 4.78 is 0. The maximum Gasteiger partial charge on any atom is 0.240 e. The average Bonchev–Trinajstić information content (AvgIpc) is 2.88. The van der Waals surface area contributed by atoms with Crippen LogP contribution in [0, 0.1) is 11.8 Å². The van der Waals surface area contributed by atoms with Crippen LogP contribution in [-0.2, 0) is 4.79 Å². The first-order valence-corrected chi connectivity index (χ1v) is 6.94. The van der Waals surface area contributed by atoms with Crippen LogP contribution in [0.2, 0.25) is 0 Å². The largest absolute Gasteiger partial charge is 0.341 e. The number of amides is 1. The van der Waals surface area contributed by atoms with Gasteiger partial charge in [-0.15, -0.1) is 11.8 Å². The number of carbonyl (C=O) groups is 1. The molecule has 2 rings (SSSR count). The fourth-order valence-corrected chi connectivity index (χ4v) is 3.24. The highest BCUT2D eigenvalue weighted by Gasteiger charge is 2.33. The molecule has 3 nitrogen and oxygen atoms in total. The van der Waals surface area contributed by atoms with E-state index in [-0.39, 0.29) is 6.04 Å². The highest BCUT2D eigenvalue weighted by molar-refractivity contribution is 7.99. The number of hydrogen-bond acceptors (Lipinski definition) is 3. The molecule has 2 aliphatic heterocycles. The molecule has 2 fully saturated rings. The minimum Gasteiger partial charge on any atom is -0.341 e. The second-order valence-electron chi connectivity index (χ2n) is 4.85. The maximum atomic E-state index is 12.1. The van der Waals surface area contributed by atoms with Gasteiger partial charge in [-0.3, -0.25) is 10.1 Å². The summed E-state index contributed by atoms with van der Waals surface area (Å²) in [5, 5.41) is 3.25. The summed E-state index contributed by atoms with van der Waals surface area (Å²) in [4.78, 5) is 14.1. The van der Waals surface area contributed by atoms with Gasteiger partial charge in [0.05, 0.1) is 6.04 Å². The quantitative estimate of drug-likeness (QED) is 0.769. The van der Waals surface area contributed by atoms with Gasteiger partial charge in [0.25, 0.3) is 0 Å². The smallest absolute Gasteiger partial charge is 0.240 e. The Hall–Kier alpha value is -0.220. The van der Waals surface area contributed by atoms with E-state index in [4.69, 9.17) is 0 Å². The number of carbonyl (C=O) groups excluding carboxylic acids is 1. The first kappa shape index (κ1) is 11.3. The van der Waals surface area contributed by atoms with Crippen LogP contribution in [-0.4, -0.2) is 41.6 Å². The van der Waals surface area contributed by atoms with Gasteiger partial charge in [0.15, 0.2) is 0 Å². The van der Waals surface area contributed by atoms with Crippen molar-refractivity contribution in [3.63, 3.8) is 0 Å². The molecule has 0 aromatic heterocycles. The van der Waals surface area contributed by atoms with E-state index < -0.39 is 0 Å². The molecule has 1 unspecified atom stereocenters. The fourth-order valence-electron chi connectivity index (χ4n) is 2.31. The van der Waals surface area contributed by atoms with Crippen molar-refractivity contribution in [1.29, 1.82) is 0 Å². The van der Waals surface area contributed by atoms with Crippen LogP contribution in [0.5, 0.6) is 0 Å². The normalized spacial score (nSPS) is 31.5. The van der Waals surface area contributed by atoms with E-state index in [1.165, 1.54) is 6.42 Å². The first-order valence-electron chi connectivity index (χ1n) is 5.78. The summed E-state index contributed by atoms with van der Waals surface area (Å²) in [6, 6.07) is 0.0842. The topological polar surface area (TPSA) is 32.3 Å². The number of nitrogens with one attached hydrogen (secondary N) is 1. The summed E-state index contributed by atoms with van der Waals surface area (Å²) in [6.07, 6.45) is 1.18. The summed E-state index contributed by atoms with van der Waals surface area (Å²) in [5.74, 6) is 3.61. The monoisotopic (exact) mass is 228 g/mol. The van der Waals surface area contributed by atoms with Crippen molar-refractivity contribution >= 4 is 17.7 Å². The molecule has 0 aliphatic carbocycles. The Bertz CT molecular complexity index is 239. The third-order valence-electron chi connectivity index (χ3n) is 3.49. The van der Waals surface area contributed by atoms with E-state index in [1.807, 2.05) is 16.7 Å². The Morgan fingerprint density at radius 3 is 2.87 bits per heavy atom. The van der Waals surface area contributed by atoms with E-state index in [9.17, 15) is 4.79 Å². The predicted octanol–water partition coefficient (Wildman–Crippen LogP) is 1.15. The van der Waals surface area contributed by atoms with Crippen molar-refractivity contribution < 1.29 is 4.79 Å². The Morgan fingerprint density at radius 1 is 1.53 bits per heavy atom. The van der Waals surface area contributed by atoms with Gasteiger partial charge in [-0.05, 0) is 18.3 Å². The van der Waals surface area contributed by atoms with E-state index in [2.05, 4.69) is 19.2 Å². The minimum absolute atomic E-state index is 0.0842. The highest BCUT2D eigenvalue weighted by Crippen LogP contribution is 2.25. The van der Waals surface area contributed by atoms with Gasteiger partial charge in [0, 0.05) is 24.7 Å². The van der Waals surface area contributed by atoms with Gasteiger partial charge in [-0.25, -0.2) is 0 Å². The molecule has 2 aliphatic rings. The zero-order valence-electron chi connectivity index (χ0n) is 9.53. The third kappa shape index (κ3) is 2.48. The molecular weight excluding hydrogens is 208 g/mol. The Morgan fingerprint density at radius 2 is 2.33 bits per heavy atom. The molecule has 0 spiro atoms. The van der Waals surface area contributed by atoms with E-state index in [0.29, 0.717) is 17.7 Å². The number of hydrogen-bond donors (Lipinski definition) is 1. The standard InChI is InChI=1S/C11H20N2OS/c1-8(2)9-3-4-13(5-9)11(14)10-6-15-7-12-10/h8-10,12H,3-7H2,1-2H3/t9?,10-/m1/s1. The third-order valence-corrected chi connectivity index (χ3v) is 4.43. The molecule has 2 saturated heterocycles. The summed E-state index contributed by atoms with van der Waals surface area (Å²) >= 11 is 1.82. The predicted molar refractivity (Wildman–Crippen MR) is 63.8 cm³/mol. The van der Waals surface area contributed by atoms with Crippen LogP contribution >= 0.6 is 11.8 Å². The summed E-state index contributed by atoms with van der Waals surface area (Å²) in [6.45, 7) is 6.44. The van der Waals surface area contributed by atoms with Gasteiger partial charge in [0.1, 0.15) is 0 Å². The Labute approximate surface area is 96.0 Å². The number of likely N-dealkylation sites (tertiary alicyclic amines) is 1. The van der Waals surface area contributed by atoms with Gasteiger partial charge in [-0.2, -0.15) is 0 Å². The van der Waals surface area contributed by atoms with Crippen molar-refractivity contribution in [2.24, 2.45) is 11.8 Å². The molecular formula is C11H20N2OS. The SMILES string of the molecule is CC(C)C1CCN(C(=O)[C@H]2CSCN2)C1. The number of thioether (sulfide) groups is 1. The van der Waals surface area contributed by atoms with E-state index >= 15 is 0 Å². The molecule has 2 atom stereocenters.